The second kappa shape index (κ2) is 4.73. The van der Waals surface area contributed by atoms with Gasteiger partial charge in [0.1, 0.15) is 0 Å². The van der Waals surface area contributed by atoms with Crippen molar-refractivity contribution in [3.8, 4) is 0 Å². The van der Waals surface area contributed by atoms with E-state index >= 15 is 0 Å². The highest BCUT2D eigenvalue weighted by atomic mass is 16.5. The van der Waals surface area contributed by atoms with Gasteiger partial charge in [0, 0.05) is 13.2 Å². The Balaban J connectivity index is 3.15. The van der Waals surface area contributed by atoms with Crippen molar-refractivity contribution >= 4 is 0 Å². The first kappa shape index (κ1) is 10.9. The topological polar surface area (TPSA) is 29.5 Å². The lowest BCUT2D eigenvalue weighted by Gasteiger charge is -2.16. The number of aliphatic hydroxyl groups is 1. The van der Waals surface area contributed by atoms with E-state index in [0.29, 0.717) is 18.9 Å². The first-order valence-electron chi connectivity index (χ1n) is 4.22. The highest BCUT2D eigenvalue weighted by molar-refractivity contribution is 4.63. The molecular formula is C9H20O2. The van der Waals surface area contributed by atoms with Crippen molar-refractivity contribution in [1.29, 1.82) is 0 Å². The van der Waals surface area contributed by atoms with Crippen LogP contribution in [0.1, 0.15) is 34.1 Å². The smallest absolute Gasteiger partial charge is 0.0613 e. The quantitative estimate of drug-likeness (QED) is 0.622. The average Bonchev–Trinajstić information content (AvgIpc) is 1.78. The Labute approximate surface area is 69.6 Å². The summed E-state index contributed by atoms with van der Waals surface area (Å²) in [4.78, 5) is 0. The molecule has 11 heavy (non-hydrogen) atoms. The Bertz CT molecular complexity index is 92.2. The van der Waals surface area contributed by atoms with E-state index in [-0.39, 0.29) is 0 Å². The Hall–Kier alpha value is -0.0800. The fourth-order valence-corrected chi connectivity index (χ4v) is 0.641. The summed E-state index contributed by atoms with van der Waals surface area (Å²) < 4.78 is 5.31. The summed E-state index contributed by atoms with van der Waals surface area (Å²) in [6, 6.07) is 0. The van der Waals surface area contributed by atoms with Crippen LogP contribution in [0.4, 0.5) is 0 Å². The van der Waals surface area contributed by atoms with Crippen LogP contribution in [-0.2, 0) is 4.74 Å². The summed E-state index contributed by atoms with van der Waals surface area (Å²) in [6.45, 7) is 9.27. The molecule has 0 unspecified atom stereocenters. The Morgan fingerprint density at radius 3 is 2.27 bits per heavy atom. The highest BCUT2D eigenvalue weighted by Gasteiger charge is 2.11. The molecule has 0 radical (unpaired) electrons. The first-order valence-corrected chi connectivity index (χ1v) is 4.22. The molecule has 2 nitrogen and oxygen atoms in total. The number of hydrogen-bond acceptors (Lipinski definition) is 2. The van der Waals surface area contributed by atoms with Gasteiger partial charge in [-0.05, 0) is 26.2 Å². The molecule has 0 rings (SSSR count). The Morgan fingerprint density at radius 1 is 1.36 bits per heavy atom. The zero-order chi connectivity index (χ0) is 8.91. The van der Waals surface area contributed by atoms with Gasteiger partial charge >= 0.3 is 0 Å². The predicted molar refractivity (Wildman–Crippen MR) is 46.6 cm³/mol. The van der Waals surface area contributed by atoms with Crippen LogP contribution in [0, 0.1) is 5.92 Å². The van der Waals surface area contributed by atoms with Gasteiger partial charge in [0.15, 0.2) is 0 Å². The van der Waals surface area contributed by atoms with Gasteiger partial charge in [-0.1, -0.05) is 13.8 Å². The van der Waals surface area contributed by atoms with E-state index in [1.54, 1.807) is 13.8 Å². The lowest BCUT2D eigenvalue weighted by atomic mass is 10.1. The summed E-state index contributed by atoms with van der Waals surface area (Å²) in [6.07, 6.45) is 0.708. The van der Waals surface area contributed by atoms with Gasteiger partial charge in [-0.15, -0.1) is 0 Å². The van der Waals surface area contributed by atoms with Gasteiger partial charge in [-0.3, -0.25) is 0 Å². The van der Waals surface area contributed by atoms with E-state index in [1.807, 2.05) is 0 Å². The molecule has 0 aliphatic carbocycles. The standard InChI is InChI=1S/C9H20O2/c1-8(2)7-11-6-5-9(3,4)10/h8,10H,5-7H2,1-4H3. The fourth-order valence-electron chi connectivity index (χ4n) is 0.641. The Morgan fingerprint density at radius 2 is 1.91 bits per heavy atom. The zero-order valence-electron chi connectivity index (χ0n) is 8.05. The molecule has 68 valence electrons. The number of ether oxygens (including phenoxy) is 1. The van der Waals surface area contributed by atoms with Crippen molar-refractivity contribution in [2.24, 2.45) is 5.92 Å². The summed E-state index contributed by atoms with van der Waals surface area (Å²) >= 11 is 0. The molecule has 0 saturated heterocycles. The maximum Gasteiger partial charge on any atom is 0.0613 e. The summed E-state index contributed by atoms with van der Waals surface area (Å²) in [5.74, 6) is 0.580. The predicted octanol–water partition coefficient (Wildman–Crippen LogP) is 1.82. The molecule has 0 atom stereocenters. The van der Waals surface area contributed by atoms with Gasteiger partial charge < -0.3 is 9.84 Å². The van der Waals surface area contributed by atoms with Crippen LogP contribution < -0.4 is 0 Å². The van der Waals surface area contributed by atoms with Gasteiger partial charge in [0.2, 0.25) is 0 Å². The van der Waals surface area contributed by atoms with E-state index in [2.05, 4.69) is 13.8 Å². The number of hydrogen-bond donors (Lipinski definition) is 1. The van der Waals surface area contributed by atoms with E-state index in [0.717, 1.165) is 6.61 Å². The van der Waals surface area contributed by atoms with Crippen LogP contribution in [0.5, 0.6) is 0 Å². The van der Waals surface area contributed by atoms with Gasteiger partial charge in [0.05, 0.1) is 5.60 Å². The molecule has 2 heteroatoms. The minimum absolute atomic E-state index is 0.580. The van der Waals surface area contributed by atoms with Crippen LogP contribution in [0.2, 0.25) is 0 Å². The maximum absolute atomic E-state index is 9.30. The van der Waals surface area contributed by atoms with E-state index in [9.17, 15) is 5.11 Å². The summed E-state index contributed by atoms with van der Waals surface area (Å²) in [5.41, 5.74) is -0.586. The van der Waals surface area contributed by atoms with Crippen molar-refractivity contribution in [1.82, 2.24) is 0 Å². The molecule has 0 spiro atoms. The molecule has 0 bridgehead atoms. The molecule has 0 amide bonds. The zero-order valence-corrected chi connectivity index (χ0v) is 8.05. The second-order valence-electron chi connectivity index (χ2n) is 4.03. The minimum atomic E-state index is -0.586. The second-order valence-corrected chi connectivity index (χ2v) is 4.03. The third kappa shape index (κ3) is 9.92. The lowest BCUT2D eigenvalue weighted by molar-refractivity contribution is 0.0222. The van der Waals surface area contributed by atoms with Crippen LogP contribution in [0.15, 0.2) is 0 Å². The average molecular weight is 160 g/mol. The monoisotopic (exact) mass is 160 g/mol. The normalized spacial score (nSPS) is 12.5. The Kier molecular flexibility index (Phi) is 4.69. The van der Waals surface area contributed by atoms with Crippen molar-refractivity contribution in [2.45, 2.75) is 39.7 Å². The summed E-state index contributed by atoms with van der Waals surface area (Å²) in [7, 11) is 0. The van der Waals surface area contributed by atoms with Crippen LogP contribution in [-0.4, -0.2) is 23.9 Å². The molecule has 0 aromatic carbocycles. The lowest BCUT2D eigenvalue weighted by Crippen LogP contribution is -2.21. The maximum atomic E-state index is 9.30. The van der Waals surface area contributed by atoms with Crippen LogP contribution in [0.25, 0.3) is 0 Å². The third-order valence-corrected chi connectivity index (χ3v) is 1.31. The molecule has 1 N–H and O–H groups in total. The molecule has 0 heterocycles. The molecular weight excluding hydrogens is 140 g/mol. The molecule has 0 aliphatic rings. The molecule has 0 aliphatic heterocycles. The van der Waals surface area contributed by atoms with Gasteiger partial charge in [0.25, 0.3) is 0 Å². The van der Waals surface area contributed by atoms with E-state index in [1.165, 1.54) is 0 Å². The molecule has 0 saturated carbocycles. The third-order valence-electron chi connectivity index (χ3n) is 1.31. The van der Waals surface area contributed by atoms with Gasteiger partial charge in [-0.25, -0.2) is 0 Å². The summed E-state index contributed by atoms with van der Waals surface area (Å²) in [5, 5.41) is 9.30. The van der Waals surface area contributed by atoms with Crippen LogP contribution >= 0.6 is 0 Å². The van der Waals surface area contributed by atoms with Crippen molar-refractivity contribution in [3.05, 3.63) is 0 Å². The van der Waals surface area contributed by atoms with E-state index in [4.69, 9.17) is 4.74 Å². The van der Waals surface area contributed by atoms with Crippen molar-refractivity contribution in [2.75, 3.05) is 13.2 Å². The molecule has 0 fully saturated rings. The van der Waals surface area contributed by atoms with Crippen molar-refractivity contribution < 1.29 is 9.84 Å². The van der Waals surface area contributed by atoms with Gasteiger partial charge in [-0.2, -0.15) is 0 Å². The van der Waals surface area contributed by atoms with Crippen molar-refractivity contribution in [3.63, 3.8) is 0 Å². The SMILES string of the molecule is CC(C)COCCC(C)(C)O. The largest absolute Gasteiger partial charge is 0.390 e. The molecule has 0 aromatic heterocycles. The first-order chi connectivity index (χ1) is 4.92. The molecule has 0 aromatic rings. The minimum Gasteiger partial charge on any atom is -0.390 e. The van der Waals surface area contributed by atoms with Crippen LogP contribution in [0.3, 0.4) is 0 Å². The fraction of sp³-hybridized carbons (Fsp3) is 1.00. The highest BCUT2D eigenvalue weighted by Crippen LogP contribution is 2.07. The van der Waals surface area contributed by atoms with E-state index < -0.39 is 5.60 Å². The number of rotatable bonds is 5.